The summed E-state index contributed by atoms with van der Waals surface area (Å²) in [6.45, 7) is 2.04. The Kier molecular flexibility index (Phi) is 7.70. The van der Waals surface area contributed by atoms with Gasteiger partial charge in [-0.2, -0.15) is 0 Å². The van der Waals surface area contributed by atoms with E-state index in [4.69, 9.17) is 17.0 Å². The summed E-state index contributed by atoms with van der Waals surface area (Å²) >= 11 is 6.84. The van der Waals surface area contributed by atoms with E-state index < -0.39 is 0 Å². The van der Waals surface area contributed by atoms with Gasteiger partial charge < -0.3 is 20.7 Å². The van der Waals surface area contributed by atoms with E-state index in [0.29, 0.717) is 16.5 Å². The summed E-state index contributed by atoms with van der Waals surface area (Å²) in [4.78, 5) is 13.3. The minimum Gasteiger partial charge on any atom is -0.495 e. The van der Waals surface area contributed by atoms with E-state index in [1.807, 2.05) is 79.7 Å². The van der Waals surface area contributed by atoms with Crippen molar-refractivity contribution in [3.63, 3.8) is 0 Å². The number of carbonyl (C=O) groups is 1. The van der Waals surface area contributed by atoms with Gasteiger partial charge in [-0.05, 0) is 61.6 Å². The summed E-state index contributed by atoms with van der Waals surface area (Å²) in [6, 6.07) is 23.1. The highest BCUT2D eigenvalue weighted by Gasteiger charge is 2.08. The van der Waals surface area contributed by atoms with Crippen molar-refractivity contribution in [1.29, 1.82) is 0 Å². The SMILES string of the molecule is COc1ccccc1NC(=O)CSc1cccc(NC(=S)Nc2ccc(C)cc2)c1. The zero-order valence-corrected chi connectivity index (χ0v) is 18.4. The number of rotatable bonds is 7. The van der Waals surface area contributed by atoms with Crippen molar-refractivity contribution in [2.45, 2.75) is 11.8 Å². The number of ether oxygens (including phenoxy) is 1. The molecule has 0 bridgehead atoms. The normalized spacial score (nSPS) is 10.2. The highest BCUT2D eigenvalue weighted by atomic mass is 32.2. The average Bonchev–Trinajstić information content (AvgIpc) is 2.74. The minimum absolute atomic E-state index is 0.0978. The predicted molar refractivity (Wildman–Crippen MR) is 130 cm³/mol. The second-order valence-corrected chi connectivity index (χ2v) is 7.97. The molecule has 154 valence electrons. The molecular formula is C23H23N3O2S2. The van der Waals surface area contributed by atoms with Gasteiger partial charge in [0.15, 0.2) is 5.11 Å². The van der Waals surface area contributed by atoms with Gasteiger partial charge in [-0.15, -0.1) is 11.8 Å². The van der Waals surface area contributed by atoms with Crippen LogP contribution < -0.4 is 20.7 Å². The number of carbonyl (C=O) groups excluding carboxylic acids is 1. The molecule has 0 fully saturated rings. The first kappa shape index (κ1) is 21.7. The van der Waals surface area contributed by atoms with Crippen molar-refractivity contribution in [2.24, 2.45) is 0 Å². The number of methoxy groups -OCH3 is 1. The van der Waals surface area contributed by atoms with Crippen LogP contribution in [-0.4, -0.2) is 23.9 Å². The van der Waals surface area contributed by atoms with Gasteiger partial charge in [-0.1, -0.05) is 35.9 Å². The molecular weight excluding hydrogens is 414 g/mol. The molecule has 30 heavy (non-hydrogen) atoms. The minimum atomic E-state index is -0.0978. The van der Waals surface area contributed by atoms with Crippen LogP contribution >= 0.6 is 24.0 Å². The molecule has 0 aromatic heterocycles. The molecule has 0 radical (unpaired) electrons. The fourth-order valence-corrected chi connectivity index (χ4v) is 3.67. The van der Waals surface area contributed by atoms with Crippen molar-refractivity contribution < 1.29 is 9.53 Å². The van der Waals surface area contributed by atoms with E-state index in [1.165, 1.54) is 17.3 Å². The number of anilines is 3. The predicted octanol–water partition coefficient (Wildman–Crippen LogP) is 5.54. The van der Waals surface area contributed by atoms with Crippen molar-refractivity contribution in [3.8, 4) is 5.75 Å². The topological polar surface area (TPSA) is 62.4 Å². The number of aryl methyl sites for hydroxylation is 1. The first-order valence-corrected chi connectivity index (χ1v) is 10.7. The molecule has 3 N–H and O–H groups in total. The van der Waals surface area contributed by atoms with Gasteiger partial charge in [0.25, 0.3) is 0 Å². The molecule has 0 atom stereocenters. The van der Waals surface area contributed by atoms with Crippen molar-refractivity contribution in [3.05, 3.63) is 78.4 Å². The summed E-state index contributed by atoms with van der Waals surface area (Å²) < 4.78 is 5.26. The van der Waals surface area contributed by atoms with Crippen LogP contribution in [0.15, 0.2) is 77.7 Å². The number of amides is 1. The van der Waals surface area contributed by atoms with Crippen molar-refractivity contribution in [2.75, 3.05) is 28.8 Å². The van der Waals surface area contributed by atoms with Crippen LogP contribution in [0, 0.1) is 6.92 Å². The maximum Gasteiger partial charge on any atom is 0.234 e. The zero-order chi connectivity index (χ0) is 21.3. The van der Waals surface area contributed by atoms with Gasteiger partial charge >= 0.3 is 0 Å². The Morgan fingerprint density at radius 3 is 2.43 bits per heavy atom. The number of thioether (sulfide) groups is 1. The number of benzene rings is 3. The van der Waals surface area contributed by atoms with Crippen LogP contribution in [0.25, 0.3) is 0 Å². The second-order valence-electron chi connectivity index (χ2n) is 6.51. The molecule has 0 aliphatic carbocycles. The third kappa shape index (κ3) is 6.50. The van der Waals surface area contributed by atoms with E-state index >= 15 is 0 Å². The molecule has 3 aromatic rings. The molecule has 0 saturated heterocycles. The molecule has 0 unspecified atom stereocenters. The van der Waals surface area contributed by atoms with E-state index in [-0.39, 0.29) is 11.7 Å². The maximum absolute atomic E-state index is 12.3. The molecule has 0 saturated carbocycles. The fraction of sp³-hybridized carbons (Fsp3) is 0.130. The molecule has 0 aliphatic rings. The summed E-state index contributed by atoms with van der Waals surface area (Å²) in [5.41, 5.74) is 3.64. The first-order chi connectivity index (χ1) is 14.5. The Morgan fingerprint density at radius 2 is 1.67 bits per heavy atom. The quantitative estimate of drug-likeness (QED) is 0.333. The maximum atomic E-state index is 12.3. The smallest absolute Gasteiger partial charge is 0.234 e. The monoisotopic (exact) mass is 437 g/mol. The molecule has 1 amide bonds. The van der Waals surface area contributed by atoms with Gasteiger partial charge in [0.05, 0.1) is 18.6 Å². The Bertz CT molecular complexity index is 1020. The van der Waals surface area contributed by atoms with Gasteiger partial charge in [-0.3, -0.25) is 4.79 Å². The Labute approximate surface area is 186 Å². The lowest BCUT2D eigenvalue weighted by molar-refractivity contribution is -0.113. The fourth-order valence-electron chi connectivity index (χ4n) is 2.68. The summed E-state index contributed by atoms with van der Waals surface area (Å²) in [6.07, 6.45) is 0. The number of nitrogens with one attached hydrogen (secondary N) is 3. The van der Waals surface area contributed by atoms with Crippen LogP contribution in [-0.2, 0) is 4.79 Å². The van der Waals surface area contributed by atoms with Crippen LogP contribution in [0.2, 0.25) is 0 Å². The average molecular weight is 438 g/mol. The molecule has 0 aliphatic heterocycles. The van der Waals surface area contributed by atoms with Crippen LogP contribution in [0.5, 0.6) is 5.75 Å². The van der Waals surface area contributed by atoms with Crippen LogP contribution in [0.4, 0.5) is 17.1 Å². The Balaban J connectivity index is 1.53. The first-order valence-electron chi connectivity index (χ1n) is 9.34. The van der Waals surface area contributed by atoms with Gasteiger partial charge in [0, 0.05) is 16.3 Å². The van der Waals surface area contributed by atoms with Crippen LogP contribution in [0.3, 0.4) is 0 Å². The molecule has 3 aromatic carbocycles. The number of hydrogen-bond donors (Lipinski definition) is 3. The lowest BCUT2D eigenvalue weighted by Gasteiger charge is -2.12. The Hall–Kier alpha value is -3.03. The van der Waals surface area contributed by atoms with Gasteiger partial charge in [0.2, 0.25) is 5.91 Å². The second kappa shape index (κ2) is 10.7. The zero-order valence-electron chi connectivity index (χ0n) is 16.8. The standard InChI is InChI=1S/C23H23N3O2S2/c1-16-10-12-17(13-11-16)24-23(29)25-18-6-5-7-19(14-18)30-15-22(27)26-20-8-3-4-9-21(20)28-2/h3-14H,15H2,1-2H3,(H,26,27)(H2,24,25,29). The number of thiocarbonyl (C=S) groups is 1. The van der Waals surface area contributed by atoms with E-state index in [2.05, 4.69) is 16.0 Å². The highest BCUT2D eigenvalue weighted by Crippen LogP contribution is 2.25. The molecule has 0 heterocycles. The largest absolute Gasteiger partial charge is 0.495 e. The van der Waals surface area contributed by atoms with E-state index in [1.54, 1.807) is 7.11 Å². The summed E-state index contributed by atoms with van der Waals surface area (Å²) in [5.74, 6) is 0.823. The highest BCUT2D eigenvalue weighted by molar-refractivity contribution is 8.00. The van der Waals surface area contributed by atoms with E-state index in [9.17, 15) is 4.79 Å². The Morgan fingerprint density at radius 1 is 0.933 bits per heavy atom. The molecule has 5 nitrogen and oxygen atoms in total. The summed E-state index contributed by atoms with van der Waals surface area (Å²) in [5, 5.41) is 9.73. The van der Waals surface area contributed by atoms with E-state index in [0.717, 1.165) is 16.3 Å². The third-order valence-electron chi connectivity index (χ3n) is 4.15. The van der Waals surface area contributed by atoms with Crippen molar-refractivity contribution >= 4 is 52.1 Å². The van der Waals surface area contributed by atoms with Gasteiger partial charge in [0.1, 0.15) is 5.75 Å². The number of para-hydroxylation sites is 2. The number of hydrogen-bond acceptors (Lipinski definition) is 4. The van der Waals surface area contributed by atoms with Crippen molar-refractivity contribution in [1.82, 2.24) is 0 Å². The molecule has 7 heteroatoms. The lowest BCUT2D eigenvalue weighted by atomic mass is 10.2. The molecule has 3 rings (SSSR count). The molecule has 0 spiro atoms. The van der Waals surface area contributed by atoms with Crippen LogP contribution in [0.1, 0.15) is 5.56 Å². The summed E-state index contributed by atoms with van der Waals surface area (Å²) in [7, 11) is 1.58. The lowest BCUT2D eigenvalue weighted by Crippen LogP contribution is -2.19. The third-order valence-corrected chi connectivity index (χ3v) is 5.35. The van der Waals surface area contributed by atoms with Gasteiger partial charge in [-0.25, -0.2) is 0 Å².